The van der Waals surface area contributed by atoms with Crippen LogP contribution in [-0.4, -0.2) is 28.6 Å². The summed E-state index contributed by atoms with van der Waals surface area (Å²) in [5, 5.41) is 11.9. The molecule has 0 aliphatic carbocycles. The minimum atomic E-state index is -2.95. The van der Waals surface area contributed by atoms with Gasteiger partial charge in [-0.05, 0) is 18.2 Å². The Balaban J connectivity index is 0.00000176. The standard InChI is InChI=1S/C14H12F2N4O.ClH/c15-14(16)3-4-18-7-12(14)20-8-19-11-5-9(6-17)1-2-10(11)13(20)21;/h1-2,5,8,12,18H,3-4,7H2;1H. The largest absolute Gasteiger partial charge is 0.314 e. The van der Waals surface area contributed by atoms with Gasteiger partial charge in [-0.1, -0.05) is 0 Å². The van der Waals surface area contributed by atoms with E-state index in [1.54, 1.807) is 0 Å². The first-order chi connectivity index (χ1) is 10.0. The van der Waals surface area contributed by atoms with Gasteiger partial charge in [-0.3, -0.25) is 9.36 Å². The Morgan fingerprint density at radius 1 is 1.45 bits per heavy atom. The van der Waals surface area contributed by atoms with Crippen LogP contribution in [0.15, 0.2) is 29.3 Å². The van der Waals surface area contributed by atoms with Crippen molar-refractivity contribution in [3.8, 4) is 6.07 Å². The van der Waals surface area contributed by atoms with Crippen LogP contribution in [0, 0.1) is 11.3 Å². The number of fused-ring (bicyclic) bond motifs is 1. The summed E-state index contributed by atoms with van der Waals surface area (Å²) in [7, 11) is 0. The molecule has 0 spiro atoms. The smallest absolute Gasteiger partial charge is 0.271 e. The van der Waals surface area contributed by atoms with Crippen LogP contribution >= 0.6 is 12.4 Å². The topological polar surface area (TPSA) is 70.7 Å². The maximum atomic E-state index is 14.0. The van der Waals surface area contributed by atoms with E-state index in [0.717, 1.165) is 10.9 Å². The van der Waals surface area contributed by atoms with Crippen molar-refractivity contribution in [3.63, 3.8) is 0 Å². The Morgan fingerprint density at radius 2 is 2.23 bits per heavy atom. The third-order valence-electron chi connectivity index (χ3n) is 3.71. The number of nitrogens with one attached hydrogen (secondary N) is 1. The Labute approximate surface area is 131 Å². The maximum Gasteiger partial charge on any atom is 0.271 e. The van der Waals surface area contributed by atoms with Crippen molar-refractivity contribution in [3.05, 3.63) is 40.4 Å². The van der Waals surface area contributed by atoms with Gasteiger partial charge in [-0.15, -0.1) is 12.4 Å². The molecule has 1 aliphatic rings. The molecule has 1 aliphatic heterocycles. The average molecular weight is 327 g/mol. The molecular weight excluding hydrogens is 314 g/mol. The number of aromatic nitrogens is 2. The van der Waals surface area contributed by atoms with Crippen molar-refractivity contribution in [1.29, 1.82) is 5.26 Å². The number of alkyl halides is 2. The average Bonchev–Trinajstić information content (AvgIpc) is 2.47. The van der Waals surface area contributed by atoms with Gasteiger partial charge in [0, 0.05) is 19.5 Å². The van der Waals surface area contributed by atoms with E-state index >= 15 is 0 Å². The molecule has 2 heterocycles. The van der Waals surface area contributed by atoms with Crippen LogP contribution in [-0.2, 0) is 0 Å². The normalized spacial score (nSPS) is 20.1. The van der Waals surface area contributed by atoms with E-state index in [1.165, 1.54) is 18.2 Å². The summed E-state index contributed by atoms with van der Waals surface area (Å²) in [6, 6.07) is 5.11. The predicted octanol–water partition coefficient (Wildman–Crippen LogP) is 1.86. The zero-order valence-corrected chi connectivity index (χ0v) is 12.2. The number of hydrogen-bond donors (Lipinski definition) is 1. The van der Waals surface area contributed by atoms with Crippen molar-refractivity contribution >= 4 is 23.3 Å². The van der Waals surface area contributed by atoms with E-state index in [-0.39, 0.29) is 37.3 Å². The number of piperidine rings is 1. The third kappa shape index (κ3) is 2.67. The zero-order chi connectivity index (χ0) is 15.0. The lowest BCUT2D eigenvalue weighted by Crippen LogP contribution is -2.48. The SMILES string of the molecule is Cl.N#Cc1ccc2c(=O)n(C3CNCCC3(F)F)cnc2c1. The number of benzene rings is 1. The fourth-order valence-electron chi connectivity index (χ4n) is 2.54. The molecule has 22 heavy (non-hydrogen) atoms. The van der Waals surface area contributed by atoms with E-state index in [0.29, 0.717) is 11.1 Å². The molecule has 0 radical (unpaired) electrons. The van der Waals surface area contributed by atoms with Gasteiger partial charge in [0.1, 0.15) is 6.04 Å². The molecule has 0 amide bonds. The molecule has 116 valence electrons. The van der Waals surface area contributed by atoms with E-state index < -0.39 is 17.5 Å². The summed E-state index contributed by atoms with van der Waals surface area (Å²) in [4.78, 5) is 16.4. The van der Waals surface area contributed by atoms with Crippen molar-refractivity contribution in [2.24, 2.45) is 0 Å². The quantitative estimate of drug-likeness (QED) is 0.868. The number of nitriles is 1. The Kier molecular flexibility index (Phi) is 4.44. The molecule has 1 N–H and O–H groups in total. The van der Waals surface area contributed by atoms with Gasteiger partial charge in [-0.25, -0.2) is 13.8 Å². The summed E-state index contributed by atoms with van der Waals surface area (Å²) in [6.07, 6.45) is 0.826. The van der Waals surface area contributed by atoms with Gasteiger partial charge >= 0.3 is 0 Å². The molecule has 0 saturated carbocycles. The van der Waals surface area contributed by atoms with Crippen LogP contribution in [0.3, 0.4) is 0 Å². The van der Waals surface area contributed by atoms with E-state index in [9.17, 15) is 13.6 Å². The van der Waals surface area contributed by atoms with Crippen molar-refractivity contribution in [2.45, 2.75) is 18.4 Å². The molecule has 1 fully saturated rings. The second-order valence-electron chi connectivity index (χ2n) is 5.03. The van der Waals surface area contributed by atoms with Crippen LogP contribution < -0.4 is 10.9 Å². The van der Waals surface area contributed by atoms with Gasteiger partial charge in [0.05, 0.1) is 28.9 Å². The number of hydrogen-bond acceptors (Lipinski definition) is 4. The first-order valence-electron chi connectivity index (χ1n) is 6.52. The van der Waals surface area contributed by atoms with Gasteiger partial charge < -0.3 is 5.32 Å². The minimum Gasteiger partial charge on any atom is -0.314 e. The molecule has 1 aromatic carbocycles. The van der Waals surface area contributed by atoms with Crippen LogP contribution in [0.5, 0.6) is 0 Å². The summed E-state index contributed by atoms with van der Waals surface area (Å²) in [5.41, 5.74) is 0.192. The third-order valence-corrected chi connectivity index (χ3v) is 3.71. The number of rotatable bonds is 1. The molecule has 1 saturated heterocycles. The fraction of sp³-hybridized carbons (Fsp3) is 0.357. The highest BCUT2D eigenvalue weighted by molar-refractivity contribution is 5.85. The molecular formula is C14H13ClF2N4O. The fourth-order valence-corrected chi connectivity index (χ4v) is 2.54. The Hall–Kier alpha value is -2.04. The highest BCUT2D eigenvalue weighted by Gasteiger charge is 2.43. The Bertz CT molecular complexity index is 800. The maximum absolute atomic E-state index is 14.0. The van der Waals surface area contributed by atoms with E-state index in [2.05, 4.69) is 10.3 Å². The first-order valence-corrected chi connectivity index (χ1v) is 6.52. The highest BCUT2D eigenvalue weighted by Crippen LogP contribution is 2.33. The number of halogens is 3. The summed E-state index contributed by atoms with van der Waals surface area (Å²) < 4.78 is 29.0. The molecule has 2 aromatic rings. The zero-order valence-electron chi connectivity index (χ0n) is 11.4. The summed E-state index contributed by atoms with van der Waals surface area (Å²) in [5.74, 6) is -2.95. The van der Waals surface area contributed by atoms with Crippen LogP contribution in [0.2, 0.25) is 0 Å². The van der Waals surface area contributed by atoms with Gasteiger partial charge in [0.25, 0.3) is 11.5 Å². The van der Waals surface area contributed by atoms with Crippen LogP contribution in [0.4, 0.5) is 8.78 Å². The minimum absolute atomic E-state index is 0. The monoisotopic (exact) mass is 326 g/mol. The predicted molar refractivity (Wildman–Crippen MR) is 79.4 cm³/mol. The highest BCUT2D eigenvalue weighted by atomic mass is 35.5. The molecule has 1 aromatic heterocycles. The number of nitrogens with zero attached hydrogens (tertiary/aromatic N) is 3. The van der Waals surface area contributed by atoms with Gasteiger partial charge in [-0.2, -0.15) is 5.26 Å². The van der Waals surface area contributed by atoms with Crippen molar-refractivity contribution in [1.82, 2.24) is 14.9 Å². The molecule has 0 bridgehead atoms. The molecule has 1 atom stereocenters. The van der Waals surface area contributed by atoms with Crippen molar-refractivity contribution < 1.29 is 8.78 Å². The molecule has 1 unspecified atom stereocenters. The summed E-state index contributed by atoms with van der Waals surface area (Å²) >= 11 is 0. The van der Waals surface area contributed by atoms with Crippen LogP contribution in [0.25, 0.3) is 10.9 Å². The summed E-state index contributed by atoms with van der Waals surface area (Å²) in [6.45, 7) is 0.251. The molecule has 5 nitrogen and oxygen atoms in total. The van der Waals surface area contributed by atoms with Gasteiger partial charge in [0.15, 0.2) is 0 Å². The Morgan fingerprint density at radius 3 is 2.91 bits per heavy atom. The second kappa shape index (κ2) is 5.99. The van der Waals surface area contributed by atoms with E-state index in [1.807, 2.05) is 6.07 Å². The lowest BCUT2D eigenvalue weighted by Gasteiger charge is -2.32. The second-order valence-corrected chi connectivity index (χ2v) is 5.03. The van der Waals surface area contributed by atoms with E-state index in [4.69, 9.17) is 5.26 Å². The van der Waals surface area contributed by atoms with Crippen LogP contribution in [0.1, 0.15) is 18.0 Å². The molecule has 8 heteroatoms. The van der Waals surface area contributed by atoms with Crippen molar-refractivity contribution in [2.75, 3.05) is 13.1 Å². The lowest BCUT2D eigenvalue weighted by atomic mass is 10.0. The first kappa shape index (κ1) is 16.3. The van der Waals surface area contributed by atoms with Gasteiger partial charge in [0.2, 0.25) is 0 Å². The lowest BCUT2D eigenvalue weighted by molar-refractivity contribution is -0.0720. The molecule has 3 rings (SSSR count).